The second-order valence-electron chi connectivity index (χ2n) is 6.44. The lowest BCUT2D eigenvalue weighted by Gasteiger charge is -2.08. The van der Waals surface area contributed by atoms with Crippen molar-refractivity contribution < 1.29 is 13.2 Å². The summed E-state index contributed by atoms with van der Waals surface area (Å²) in [6.45, 7) is 3.48. The number of carbonyl (C=O) groups is 1. The van der Waals surface area contributed by atoms with Gasteiger partial charge in [0.2, 0.25) is 10.0 Å². The van der Waals surface area contributed by atoms with Crippen LogP contribution in [0.1, 0.15) is 28.4 Å². The second-order valence-corrected chi connectivity index (χ2v) is 8.21. The molecule has 0 aliphatic rings. The number of hydrogen-bond acceptors (Lipinski definition) is 4. The summed E-state index contributed by atoms with van der Waals surface area (Å²) in [5.74, 6) is -0.127. The van der Waals surface area contributed by atoms with Crippen molar-refractivity contribution in [3.8, 4) is 0 Å². The van der Waals surface area contributed by atoms with Crippen LogP contribution in [0.5, 0.6) is 0 Å². The van der Waals surface area contributed by atoms with E-state index in [1.54, 1.807) is 6.07 Å². The molecule has 7 heteroatoms. The number of ketones is 1. The number of hydrogen-bond donors (Lipinski definition) is 2. The summed E-state index contributed by atoms with van der Waals surface area (Å²) in [6.07, 6.45) is 0.268. The van der Waals surface area contributed by atoms with Crippen LogP contribution in [0.3, 0.4) is 0 Å². The summed E-state index contributed by atoms with van der Waals surface area (Å²) < 4.78 is 27.2. The highest BCUT2D eigenvalue weighted by Gasteiger charge is 2.14. The van der Waals surface area contributed by atoms with E-state index in [4.69, 9.17) is 0 Å². The van der Waals surface area contributed by atoms with Crippen LogP contribution in [-0.4, -0.2) is 25.7 Å². The van der Waals surface area contributed by atoms with Gasteiger partial charge in [0, 0.05) is 23.2 Å². The van der Waals surface area contributed by atoms with E-state index in [1.807, 2.05) is 25.1 Å². The van der Waals surface area contributed by atoms with Gasteiger partial charge >= 0.3 is 0 Å². The minimum absolute atomic E-state index is 0.0792. The number of pyridine rings is 1. The number of aromatic amines is 1. The molecule has 0 unspecified atom stereocenters. The van der Waals surface area contributed by atoms with Gasteiger partial charge in [-0.2, -0.15) is 0 Å². The molecule has 1 heterocycles. The average Bonchev–Trinajstić information content (AvgIpc) is 2.62. The summed E-state index contributed by atoms with van der Waals surface area (Å²) in [5, 5.41) is 0.910. The monoisotopic (exact) mass is 384 g/mol. The fraction of sp³-hybridized carbons (Fsp3) is 0.200. The molecule has 2 N–H and O–H groups in total. The molecule has 0 saturated carbocycles. The van der Waals surface area contributed by atoms with Gasteiger partial charge < -0.3 is 4.98 Å². The van der Waals surface area contributed by atoms with Crippen LogP contribution in [0.15, 0.2) is 58.2 Å². The largest absolute Gasteiger partial charge is 0.322 e. The highest BCUT2D eigenvalue weighted by atomic mass is 32.2. The normalized spacial score (nSPS) is 11.6. The molecule has 6 nitrogen and oxygen atoms in total. The molecule has 0 saturated heterocycles. The number of carbonyl (C=O) groups excluding carboxylic acids is 1. The number of sulfonamides is 1. The molecule has 0 amide bonds. The highest BCUT2D eigenvalue weighted by Crippen LogP contribution is 2.14. The Bertz CT molecular complexity index is 1160. The molecule has 140 valence electrons. The van der Waals surface area contributed by atoms with Crippen molar-refractivity contribution in [1.29, 1.82) is 0 Å². The minimum atomic E-state index is -3.71. The third-order valence-corrected chi connectivity index (χ3v) is 5.81. The average molecular weight is 384 g/mol. The number of Topliss-reactive ketones (excluding diaryl/α,β-unsaturated/α-hetero) is 1. The number of rotatable bonds is 6. The molecular weight excluding hydrogens is 364 g/mol. The summed E-state index contributed by atoms with van der Waals surface area (Å²) in [4.78, 5) is 26.4. The zero-order chi connectivity index (χ0) is 19.6. The van der Waals surface area contributed by atoms with Crippen molar-refractivity contribution in [2.45, 2.75) is 25.2 Å². The molecule has 27 heavy (non-hydrogen) atoms. The Hall–Kier alpha value is -2.77. The Kier molecular flexibility index (Phi) is 5.25. The fourth-order valence-corrected chi connectivity index (χ4v) is 3.86. The van der Waals surface area contributed by atoms with E-state index in [-0.39, 0.29) is 29.2 Å². The van der Waals surface area contributed by atoms with E-state index >= 15 is 0 Å². The van der Waals surface area contributed by atoms with Crippen molar-refractivity contribution in [3.63, 3.8) is 0 Å². The van der Waals surface area contributed by atoms with Crippen LogP contribution in [0.4, 0.5) is 0 Å². The number of fused-ring (bicyclic) bond motifs is 1. The molecular formula is C20H20N2O4S. The van der Waals surface area contributed by atoms with Gasteiger partial charge in [-0.3, -0.25) is 9.59 Å². The number of benzene rings is 2. The summed E-state index contributed by atoms with van der Waals surface area (Å²) in [7, 11) is -3.71. The van der Waals surface area contributed by atoms with Gasteiger partial charge in [-0.25, -0.2) is 13.1 Å². The maximum Gasteiger partial charge on any atom is 0.251 e. The maximum absolute atomic E-state index is 12.4. The first-order valence-electron chi connectivity index (χ1n) is 8.49. The Labute approximate surface area is 157 Å². The lowest BCUT2D eigenvalue weighted by Crippen LogP contribution is -2.27. The Balaban J connectivity index is 1.73. The Morgan fingerprint density at radius 1 is 1.07 bits per heavy atom. The van der Waals surface area contributed by atoms with Gasteiger partial charge in [-0.1, -0.05) is 23.8 Å². The molecule has 0 bridgehead atoms. The SMILES string of the molecule is CC(=O)c1ccc(S(=O)(=O)NCCc2cc3cc(C)ccc3[nH]c2=O)cc1. The van der Waals surface area contributed by atoms with Crippen LogP contribution in [-0.2, 0) is 16.4 Å². The number of H-pyrrole nitrogens is 1. The Morgan fingerprint density at radius 3 is 2.44 bits per heavy atom. The highest BCUT2D eigenvalue weighted by molar-refractivity contribution is 7.89. The fourth-order valence-electron chi connectivity index (χ4n) is 2.83. The molecule has 0 aliphatic carbocycles. The van der Waals surface area contributed by atoms with Gasteiger partial charge in [0.15, 0.2) is 5.78 Å². The van der Waals surface area contributed by atoms with Crippen molar-refractivity contribution >= 4 is 26.7 Å². The molecule has 2 aromatic carbocycles. The summed E-state index contributed by atoms with van der Waals surface area (Å²) in [5.41, 5.74) is 2.57. The molecule has 0 spiro atoms. The lowest BCUT2D eigenvalue weighted by atomic mass is 10.1. The van der Waals surface area contributed by atoms with Gasteiger partial charge in [0.05, 0.1) is 4.90 Å². The van der Waals surface area contributed by atoms with E-state index in [2.05, 4.69) is 9.71 Å². The number of nitrogens with one attached hydrogen (secondary N) is 2. The van der Waals surface area contributed by atoms with Crippen molar-refractivity contribution in [2.24, 2.45) is 0 Å². The number of aryl methyl sites for hydroxylation is 1. The zero-order valence-electron chi connectivity index (χ0n) is 15.1. The molecule has 3 aromatic rings. The zero-order valence-corrected chi connectivity index (χ0v) is 15.9. The Morgan fingerprint density at radius 2 is 1.78 bits per heavy atom. The second kappa shape index (κ2) is 7.46. The molecule has 0 fully saturated rings. The van der Waals surface area contributed by atoms with Crippen LogP contribution < -0.4 is 10.3 Å². The summed E-state index contributed by atoms with van der Waals surface area (Å²) >= 11 is 0. The minimum Gasteiger partial charge on any atom is -0.322 e. The van der Waals surface area contributed by atoms with E-state index in [9.17, 15) is 18.0 Å². The van der Waals surface area contributed by atoms with E-state index in [0.717, 1.165) is 16.5 Å². The summed E-state index contributed by atoms with van der Waals surface area (Å²) in [6, 6.07) is 13.3. The molecule has 3 rings (SSSR count). The van der Waals surface area contributed by atoms with Crippen molar-refractivity contribution in [2.75, 3.05) is 6.54 Å². The van der Waals surface area contributed by atoms with Gasteiger partial charge in [0.1, 0.15) is 0 Å². The van der Waals surface area contributed by atoms with Gasteiger partial charge in [0.25, 0.3) is 5.56 Å². The third kappa shape index (κ3) is 4.32. The van der Waals surface area contributed by atoms with Crippen LogP contribution in [0.25, 0.3) is 10.9 Å². The quantitative estimate of drug-likeness (QED) is 0.639. The van der Waals surface area contributed by atoms with Crippen LogP contribution in [0, 0.1) is 6.92 Å². The molecule has 0 aliphatic heterocycles. The molecule has 0 radical (unpaired) electrons. The molecule has 0 atom stereocenters. The predicted molar refractivity (Wildman–Crippen MR) is 105 cm³/mol. The smallest absolute Gasteiger partial charge is 0.251 e. The van der Waals surface area contributed by atoms with E-state index < -0.39 is 10.0 Å². The number of aromatic nitrogens is 1. The maximum atomic E-state index is 12.4. The predicted octanol–water partition coefficient (Wildman–Crippen LogP) is 2.56. The van der Waals surface area contributed by atoms with Gasteiger partial charge in [-0.15, -0.1) is 0 Å². The van der Waals surface area contributed by atoms with Crippen molar-refractivity contribution in [3.05, 3.63) is 75.6 Å². The van der Waals surface area contributed by atoms with E-state index in [1.165, 1.54) is 31.2 Å². The third-order valence-electron chi connectivity index (χ3n) is 4.33. The first-order valence-corrected chi connectivity index (χ1v) is 9.98. The first kappa shape index (κ1) is 19.0. The van der Waals surface area contributed by atoms with E-state index in [0.29, 0.717) is 11.1 Å². The van der Waals surface area contributed by atoms with Gasteiger partial charge in [-0.05, 0) is 56.0 Å². The molecule has 1 aromatic heterocycles. The van der Waals surface area contributed by atoms with Crippen LogP contribution in [0.2, 0.25) is 0 Å². The topological polar surface area (TPSA) is 96.1 Å². The van der Waals surface area contributed by atoms with Crippen LogP contribution >= 0.6 is 0 Å². The van der Waals surface area contributed by atoms with Crippen molar-refractivity contribution in [1.82, 2.24) is 9.71 Å². The lowest BCUT2D eigenvalue weighted by molar-refractivity contribution is 0.101. The standard InChI is InChI=1S/C20H20N2O4S/c1-13-3-8-19-17(11-13)12-16(20(24)22-19)9-10-21-27(25,26)18-6-4-15(5-7-18)14(2)23/h3-8,11-12,21H,9-10H2,1-2H3,(H,22,24). The first-order chi connectivity index (χ1) is 12.8.